The van der Waals surface area contributed by atoms with Gasteiger partial charge in [0, 0.05) is 25.5 Å². The highest BCUT2D eigenvalue weighted by atomic mass is 16.5. The molecule has 27 heavy (non-hydrogen) atoms. The summed E-state index contributed by atoms with van der Waals surface area (Å²) in [5.41, 5.74) is 2.71. The molecule has 0 radical (unpaired) electrons. The average Bonchev–Trinajstić information content (AvgIpc) is 3.27. The maximum atomic E-state index is 13.2. The molecule has 0 saturated carbocycles. The number of likely N-dealkylation sites (N-methyl/N-ethyl adjacent to an activating group) is 1. The van der Waals surface area contributed by atoms with Crippen LogP contribution in [-0.2, 0) is 17.8 Å². The summed E-state index contributed by atoms with van der Waals surface area (Å²) in [6, 6.07) is 9.64. The van der Waals surface area contributed by atoms with Crippen LogP contribution in [0.5, 0.6) is 0 Å². The van der Waals surface area contributed by atoms with Gasteiger partial charge in [-0.25, -0.2) is 4.98 Å². The van der Waals surface area contributed by atoms with Crippen molar-refractivity contribution in [1.29, 1.82) is 0 Å². The number of hydrogen-bond acceptors (Lipinski definition) is 4. The van der Waals surface area contributed by atoms with Gasteiger partial charge in [0.2, 0.25) is 5.91 Å². The standard InChI is InChI=1S/C21H28N4O2/c1-6-17(25-18-11-9-8-10-16(18)22-20(25)7-2)21(26)24(5)13-15-12-19(14(3)4)27-23-15/h8-12,14,17H,6-7,13H2,1-5H3. The van der Waals surface area contributed by atoms with Gasteiger partial charge in [0.05, 0.1) is 17.6 Å². The Hall–Kier alpha value is -2.63. The highest BCUT2D eigenvalue weighted by molar-refractivity contribution is 5.84. The van der Waals surface area contributed by atoms with E-state index in [9.17, 15) is 4.79 Å². The Labute approximate surface area is 160 Å². The third-order valence-corrected chi connectivity index (χ3v) is 4.89. The average molecular weight is 368 g/mol. The highest BCUT2D eigenvalue weighted by Crippen LogP contribution is 2.26. The monoisotopic (exact) mass is 368 g/mol. The van der Waals surface area contributed by atoms with Crippen LogP contribution >= 0.6 is 0 Å². The van der Waals surface area contributed by atoms with Crippen molar-refractivity contribution in [3.63, 3.8) is 0 Å². The number of fused-ring (bicyclic) bond motifs is 1. The first-order valence-corrected chi connectivity index (χ1v) is 9.62. The molecule has 0 saturated heterocycles. The Morgan fingerprint density at radius 1 is 1.26 bits per heavy atom. The van der Waals surface area contributed by atoms with Crippen LogP contribution in [0, 0.1) is 0 Å². The molecule has 2 heterocycles. The van der Waals surface area contributed by atoms with E-state index in [1.807, 2.05) is 44.3 Å². The molecule has 3 aromatic rings. The maximum Gasteiger partial charge on any atom is 0.245 e. The third kappa shape index (κ3) is 3.75. The first-order valence-electron chi connectivity index (χ1n) is 9.62. The van der Waals surface area contributed by atoms with Crippen molar-refractivity contribution >= 4 is 16.9 Å². The van der Waals surface area contributed by atoms with Gasteiger partial charge in [-0.1, -0.05) is 45.0 Å². The molecule has 6 heteroatoms. The van der Waals surface area contributed by atoms with Crippen LogP contribution < -0.4 is 0 Å². The van der Waals surface area contributed by atoms with E-state index < -0.39 is 0 Å². The van der Waals surface area contributed by atoms with E-state index in [1.165, 1.54) is 0 Å². The molecule has 0 bridgehead atoms. The van der Waals surface area contributed by atoms with Crippen LogP contribution in [0.2, 0.25) is 0 Å². The molecule has 1 atom stereocenters. The van der Waals surface area contributed by atoms with Gasteiger partial charge >= 0.3 is 0 Å². The van der Waals surface area contributed by atoms with Crippen molar-refractivity contribution in [3.8, 4) is 0 Å². The number of aromatic nitrogens is 3. The number of rotatable bonds is 7. The Kier molecular flexibility index (Phi) is 5.63. The lowest BCUT2D eigenvalue weighted by atomic mass is 10.1. The molecular weight excluding hydrogens is 340 g/mol. The summed E-state index contributed by atoms with van der Waals surface area (Å²) in [6.07, 6.45) is 1.48. The van der Waals surface area contributed by atoms with Crippen LogP contribution in [0.4, 0.5) is 0 Å². The van der Waals surface area contributed by atoms with Crippen molar-refractivity contribution in [2.24, 2.45) is 0 Å². The van der Waals surface area contributed by atoms with Crippen molar-refractivity contribution in [3.05, 3.63) is 47.6 Å². The van der Waals surface area contributed by atoms with E-state index in [4.69, 9.17) is 9.51 Å². The zero-order valence-corrected chi connectivity index (χ0v) is 16.8. The molecule has 3 rings (SSSR count). The van der Waals surface area contributed by atoms with E-state index in [0.717, 1.165) is 34.7 Å². The number of para-hydroxylation sites is 2. The second kappa shape index (κ2) is 7.94. The Morgan fingerprint density at radius 3 is 2.63 bits per heavy atom. The highest BCUT2D eigenvalue weighted by Gasteiger charge is 2.26. The molecule has 1 amide bonds. The second-order valence-corrected chi connectivity index (χ2v) is 7.23. The normalized spacial score (nSPS) is 12.7. The predicted octanol–water partition coefficient (Wildman–Crippen LogP) is 4.32. The van der Waals surface area contributed by atoms with Gasteiger partial charge in [-0.3, -0.25) is 4.79 Å². The number of aryl methyl sites for hydroxylation is 1. The fourth-order valence-electron chi connectivity index (χ4n) is 3.41. The molecule has 0 spiro atoms. The lowest BCUT2D eigenvalue weighted by molar-refractivity contribution is -0.134. The zero-order valence-electron chi connectivity index (χ0n) is 16.8. The minimum atomic E-state index is -0.283. The number of nitrogens with zero attached hydrogens (tertiary/aromatic N) is 4. The molecule has 144 valence electrons. The molecule has 1 unspecified atom stereocenters. The Morgan fingerprint density at radius 2 is 2.00 bits per heavy atom. The minimum Gasteiger partial charge on any atom is -0.361 e. The molecule has 0 aliphatic heterocycles. The fourth-order valence-corrected chi connectivity index (χ4v) is 3.41. The Balaban J connectivity index is 1.87. The number of imidazole rings is 1. The van der Waals surface area contributed by atoms with Crippen LogP contribution in [0.1, 0.15) is 63.4 Å². The number of benzene rings is 1. The largest absolute Gasteiger partial charge is 0.361 e. The topological polar surface area (TPSA) is 64.2 Å². The first kappa shape index (κ1) is 19.1. The van der Waals surface area contributed by atoms with E-state index in [0.29, 0.717) is 13.0 Å². The third-order valence-electron chi connectivity index (χ3n) is 4.89. The summed E-state index contributed by atoms with van der Waals surface area (Å²) in [4.78, 5) is 19.7. The molecule has 6 nitrogen and oxygen atoms in total. The van der Waals surface area contributed by atoms with E-state index >= 15 is 0 Å². The zero-order chi connectivity index (χ0) is 19.6. The van der Waals surface area contributed by atoms with Crippen molar-refractivity contribution < 1.29 is 9.32 Å². The summed E-state index contributed by atoms with van der Waals surface area (Å²) in [7, 11) is 1.82. The van der Waals surface area contributed by atoms with Gasteiger partial charge in [0.15, 0.2) is 0 Å². The lowest BCUT2D eigenvalue weighted by Crippen LogP contribution is -2.34. The smallest absolute Gasteiger partial charge is 0.245 e. The van der Waals surface area contributed by atoms with E-state index in [2.05, 4.69) is 30.5 Å². The summed E-state index contributed by atoms with van der Waals surface area (Å²) < 4.78 is 7.45. The van der Waals surface area contributed by atoms with Gasteiger partial charge in [-0.2, -0.15) is 0 Å². The van der Waals surface area contributed by atoms with Gasteiger partial charge in [-0.05, 0) is 18.6 Å². The van der Waals surface area contributed by atoms with Crippen LogP contribution in [0.25, 0.3) is 11.0 Å². The quantitative estimate of drug-likeness (QED) is 0.623. The molecular formula is C21H28N4O2. The SMILES string of the molecule is CCc1nc2ccccc2n1C(CC)C(=O)N(C)Cc1cc(C(C)C)on1. The van der Waals surface area contributed by atoms with E-state index in [1.54, 1.807) is 4.90 Å². The molecule has 0 aliphatic carbocycles. The van der Waals surface area contributed by atoms with Gasteiger partial charge < -0.3 is 14.0 Å². The summed E-state index contributed by atoms with van der Waals surface area (Å²) in [5, 5.41) is 4.10. The number of hydrogen-bond donors (Lipinski definition) is 0. The lowest BCUT2D eigenvalue weighted by Gasteiger charge is -2.25. The summed E-state index contributed by atoms with van der Waals surface area (Å²) in [5.74, 6) is 2.12. The predicted molar refractivity (Wildman–Crippen MR) is 106 cm³/mol. The van der Waals surface area contributed by atoms with Gasteiger partial charge in [0.25, 0.3) is 0 Å². The van der Waals surface area contributed by atoms with Crippen molar-refractivity contribution in [2.75, 3.05) is 7.05 Å². The Bertz CT molecular complexity index is 925. The second-order valence-electron chi connectivity index (χ2n) is 7.23. The number of amides is 1. The summed E-state index contributed by atoms with van der Waals surface area (Å²) >= 11 is 0. The first-order chi connectivity index (χ1) is 13.0. The van der Waals surface area contributed by atoms with Gasteiger partial charge in [-0.15, -0.1) is 0 Å². The van der Waals surface area contributed by atoms with Crippen LogP contribution in [-0.4, -0.2) is 32.6 Å². The number of carbonyl (C=O) groups is 1. The fraction of sp³-hybridized carbons (Fsp3) is 0.476. The maximum absolute atomic E-state index is 13.2. The van der Waals surface area contributed by atoms with Gasteiger partial charge in [0.1, 0.15) is 23.3 Å². The summed E-state index contributed by atoms with van der Waals surface area (Å²) in [6.45, 7) is 8.66. The van der Waals surface area contributed by atoms with E-state index in [-0.39, 0.29) is 17.9 Å². The van der Waals surface area contributed by atoms with Crippen LogP contribution in [0.15, 0.2) is 34.9 Å². The van der Waals surface area contributed by atoms with Crippen molar-refractivity contribution in [1.82, 2.24) is 19.6 Å². The molecule has 0 N–H and O–H groups in total. The molecule has 1 aromatic carbocycles. The minimum absolute atomic E-state index is 0.0597. The van der Waals surface area contributed by atoms with Crippen LogP contribution in [0.3, 0.4) is 0 Å². The molecule has 0 fully saturated rings. The van der Waals surface area contributed by atoms with Crippen molar-refractivity contribution in [2.45, 2.75) is 59.0 Å². The molecule has 2 aromatic heterocycles. The number of carbonyl (C=O) groups excluding carboxylic acids is 1. The molecule has 0 aliphatic rings.